The van der Waals surface area contributed by atoms with Crippen LogP contribution in [-0.2, 0) is 6.61 Å². The van der Waals surface area contributed by atoms with E-state index in [1.807, 2.05) is 91.1 Å². The molecule has 5 aromatic rings. The first-order chi connectivity index (χ1) is 15.8. The van der Waals surface area contributed by atoms with E-state index in [0.717, 1.165) is 38.6 Å². The van der Waals surface area contributed by atoms with E-state index in [2.05, 4.69) is 15.5 Å². The highest BCUT2D eigenvalue weighted by Gasteiger charge is 2.07. The number of fused-ring (bicyclic) bond motifs is 2. The van der Waals surface area contributed by atoms with Crippen molar-refractivity contribution in [2.75, 3.05) is 0 Å². The molecule has 1 amide bonds. The summed E-state index contributed by atoms with van der Waals surface area (Å²) in [7, 11) is 0. The number of amides is 1. The Morgan fingerprint density at radius 3 is 2.59 bits per heavy atom. The third-order valence-corrected chi connectivity index (χ3v) is 5.31. The molecule has 0 unspecified atom stereocenters. The molecular weight excluding hydrogens is 398 g/mol. The third kappa shape index (κ3) is 4.23. The second kappa shape index (κ2) is 8.78. The lowest BCUT2D eigenvalue weighted by atomic mass is 10.1. The predicted molar refractivity (Wildman–Crippen MR) is 128 cm³/mol. The zero-order valence-corrected chi connectivity index (χ0v) is 17.3. The van der Waals surface area contributed by atoms with Gasteiger partial charge in [-0.05, 0) is 46.7 Å². The van der Waals surface area contributed by atoms with Gasteiger partial charge in [0.15, 0.2) is 0 Å². The zero-order chi connectivity index (χ0) is 21.8. The Bertz CT molecular complexity index is 1420. The van der Waals surface area contributed by atoms with Gasteiger partial charge < -0.3 is 9.72 Å². The van der Waals surface area contributed by atoms with Crippen LogP contribution in [0.15, 0.2) is 102 Å². The van der Waals surface area contributed by atoms with Gasteiger partial charge >= 0.3 is 0 Å². The van der Waals surface area contributed by atoms with E-state index in [1.165, 1.54) is 0 Å². The van der Waals surface area contributed by atoms with Gasteiger partial charge in [0.1, 0.15) is 12.4 Å². The van der Waals surface area contributed by atoms with Crippen LogP contribution in [0.5, 0.6) is 5.75 Å². The summed E-state index contributed by atoms with van der Waals surface area (Å²) < 4.78 is 5.93. The smallest absolute Gasteiger partial charge is 0.271 e. The lowest BCUT2D eigenvalue weighted by Gasteiger charge is -2.06. The van der Waals surface area contributed by atoms with Crippen molar-refractivity contribution < 1.29 is 9.53 Å². The van der Waals surface area contributed by atoms with Crippen molar-refractivity contribution >= 4 is 33.8 Å². The maximum Gasteiger partial charge on any atom is 0.271 e. The Kier molecular flexibility index (Phi) is 5.37. The van der Waals surface area contributed by atoms with Crippen LogP contribution < -0.4 is 10.2 Å². The topological polar surface area (TPSA) is 66.5 Å². The number of aromatic amines is 1. The molecule has 0 atom stereocenters. The number of H-pyrrole nitrogens is 1. The van der Waals surface area contributed by atoms with Crippen molar-refractivity contribution in [1.82, 2.24) is 10.4 Å². The minimum atomic E-state index is -0.251. The number of hydrazone groups is 1. The molecule has 0 saturated heterocycles. The monoisotopic (exact) mass is 419 g/mol. The Morgan fingerprint density at radius 2 is 1.72 bits per heavy atom. The van der Waals surface area contributed by atoms with Crippen molar-refractivity contribution in [1.29, 1.82) is 0 Å². The minimum Gasteiger partial charge on any atom is -0.489 e. The molecule has 5 nitrogen and oxygen atoms in total. The maximum atomic E-state index is 12.5. The van der Waals surface area contributed by atoms with Crippen molar-refractivity contribution in [2.45, 2.75) is 6.61 Å². The summed E-state index contributed by atoms with van der Waals surface area (Å²) in [5.41, 5.74) is 6.13. The Labute approximate surface area is 185 Å². The summed E-state index contributed by atoms with van der Waals surface area (Å²) in [4.78, 5) is 15.7. The summed E-state index contributed by atoms with van der Waals surface area (Å²) in [6.07, 6.45) is 3.50. The van der Waals surface area contributed by atoms with E-state index in [1.54, 1.807) is 12.3 Å². The first-order valence-electron chi connectivity index (χ1n) is 10.4. The van der Waals surface area contributed by atoms with Crippen molar-refractivity contribution in [3.63, 3.8) is 0 Å². The van der Waals surface area contributed by atoms with Crippen molar-refractivity contribution in [3.05, 3.63) is 114 Å². The molecule has 0 aliphatic rings. The fraction of sp³-hybridized carbons (Fsp3) is 0.0370. The third-order valence-electron chi connectivity index (χ3n) is 5.31. The minimum absolute atomic E-state index is 0.251. The van der Waals surface area contributed by atoms with Crippen molar-refractivity contribution in [2.24, 2.45) is 5.10 Å². The molecule has 5 rings (SSSR count). The quantitative estimate of drug-likeness (QED) is 0.275. The molecule has 0 radical (unpaired) electrons. The average molecular weight is 419 g/mol. The van der Waals surface area contributed by atoms with Crippen LogP contribution in [-0.4, -0.2) is 17.1 Å². The number of nitrogens with zero attached hydrogens (tertiary/aromatic N) is 1. The number of nitrogens with one attached hydrogen (secondary N) is 2. The molecule has 0 saturated carbocycles. The van der Waals surface area contributed by atoms with Gasteiger partial charge in [0.2, 0.25) is 0 Å². The average Bonchev–Trinajstić information content (AvgIpc) is 3.25. The second-order valence-corrected chi connectivity index (χ2v) is 7.49. The Balaban J connectivity index is 1.29. The number of aromatic nitrogens is 1. The maximum absolute atomic E-state index is 12.5. The first kappa shape index (κ1) is 19.6. The van der Waals surface area contributed by atoms with E-state index in [0.29, 0.717) is 12.2 Å². The SMILES string of the molecule is O=C(N/N=C\c1c[nH]c2ccc(OCc3ccccc3)cc12)c1ccc2ccccc2c1. The number of ether oxygens (including phenoxy) is 1. The van der Waals surface area contributed by atoms with Gasteiger partial charge in [0.25, 0.3) is 5.91 Å². The molecule has 5 heteroatoms. The van der Waals surface area contributed by atoms with Crippen LogP contribution >= 0.6 is 0 Å². The molecular formula is C27H21N3O2. The fourth-order valence-corrected chi connectivity index (χ4v) is 3.61. The van der Waals surface area contributed by atoms with E-state index in [-0.39, 0.29) is 5.91 Å². The highest BCUT2D eigenvalue weighted by Crippen LogP contribution is 2.23. The van der Waals surface area contributed by atoms with Gasteiger partial charge in [-0.1, -0.05) is 60.7 Å². The molecule has 1 aromatic heterocycles. The van der Waals surface area contributed by atoms with E-state index < -0.39 is 0 Å². The molecule has 4 aromatic carbocycles. The molecule has 0 bridgehead atoms. The molecule has 2 N–H and O–H groups in total. The van der Waals surface area contributed by atoms with Gasteiger partial charge in [-0.3, -0.25) is 4.79 Å². The highest BCUT2D eigenvalue weighted by molar-refractivity contribution is 6.01. The summed E-state index contributed by atoms with van der Waals surface area (Å²) in [5.74, 6) is 0.523. The Morgan fingerprint density at radius 1 is 0.906 bits per heavy atom. The van der Waals surface area contributed by atoms with E-state index in [9.17, 15) is 4.79 Å². The molecule has 0 fully saturated rings. The number of benzene rings is 4. The number of carbonyl (C=O) groups is 1. The van der Waals surface area contributed by atoms with Crippen molar-refractivity contribution in [3.8, 4) is 5.75 Å². The number of rotatable bonds is 6. The Hall–Kier alpha value is -4.38. The first-order valence-corrected chi connectivity index (χ1v) is 10.4. The van der Waals surface area contributed by atoms with Crippen LogP contribution in [0.25, 0.3) is 21.7 Å². The molecule has 1 heterocycles. The number of carbonyl (C=O) groups excluding carboxylic acids is 1. The van der Waals surface area contributed by atoms with E-state index in [4.69, 9.17) is 4.74 Å². The highest BCUT2D eigenvalue weighted by atomic mass is 16.5. The summed E-state index contributed by atoms with van der Waals surface area (Å²) in [6.45, 7) is 0.502. The van der Waals surface area contributed by atoms with E-state index >= 15 is 0 Å². The molecule has 0 spiro atoms. The number of hydrogen-bond donors (Lipinski definition) is 2. The van der Waals surface area contributed by atoms with Crippen LogP contribution in [0.3, 0.4) is 0 Å². The lowest BCUT2D eigenvalue weighted by Crippen LogP contribution is -2.17. The van der Waals surface area contributed by atoms with Gasteiger partial charge in [-0.15, -0.1) is 0 Å². The lowest BCUT2D eigenvalue weighted by molar-refractivity contribution is 0.0955. The van der Waals surface area contributed by atoms with Crippen LogP contribution in [0.2, 0.25) is 0 Å². The van der Waals surface area contributed by atoms with Crippen LogP contribution in [0, 0.1) is 0 Å². The van der Waals surface area contributed by atoms with Crippen LogP contribution in [0.4, 0.5) is 0 Å². The van der Waals surface area contributed by atoms with Gasteiger partial charge in [-0.2, -0.15) is 5.10 Å². The van der Waals surface area contributed by atoms with Gasteiger partial charge in [-0.25, -0.2) is 5.43 Å². The predicted octanol–water partition coefficient (Wildman–Crippen LogP) is 5.66. The van der Waals surface area contributed by atoms with Crippen LogP contribution in [0.1, 0.15) is 21.5 Å². The normalized spacial score (nSPS) is 11.2. The molecule has 32 heavy (non-hydrogen) atoms. The second-order valence-electron chi connectivity index (χ2n) is 7.49. The van der Waals surface area contributed by atoms with Gasteiger partial charge in [0.05, 0.1) is 6.21 Å². The fourth-order valence-electron chi connectivity index (χ4n) is 3.61. The molecule has 0 aliphatic heterocycles. The standard InChI is InChI=1S/C27H21N3O2/c31-27(22-11-10-20-8-4-5-9-21(20)14-22)30-29-17-23-16-28-26-13-12-24(15-25(23)26)32-18-19-6-2-1-3-7-19/h1-17,28H,18H2,(H,30,31)/b29-17-. The molecule has 0 aliphatic carbocycles. The summed E-state index contributed by atoms with van der Waals surface area (Å²) in [6, 6.07) is 29.5. The summed E-state index contributed by atoms with van der Waals surface area (Å²) in [5, 5.41) is 7.24. The van der Waals surface area contributed by atoms with Gasteiger partial charge in [0, 0.05) is 28.2 Å². The summed E-state index contributed by atoms with van der Waals surface area (Å²) >= 11 is 0. The molecule has 156 valence electrons. The zero-order valence-electron chi connectivity index (χ0n) is 17.3. The largest absolute Gasteiger partial charge is 0.489 e. The number of hydrogen-bond acceptors (Lipinski definition) is 3.